The second-order valence-corrected chi connectivity index (χ2v) is 6.29. The summed E-state index contributed by atoms with van der Waals surface area (Å²) in [4.78, 5) is 12.5. The fraction of sp³-hybridized carbons (Fsp3) is 0.278. The summed E-state index contributed by atoms with van der Waals surface area (Å²) in [5, 5.41) is 3.00. The summed E-state index contributed by atoms with van der Waals surface area (Å²) in [6, 6.07) is 15.3. The number of hydrogen-bond acceptors (Lipinski definition) is 2. The Balaban J connectivity index is 0.00000264. The monoisotopic (exact) mass is 396 g/mol. The first-order valence-electron chi connectivity index (χ1n) is 7.42. The number of nitrogens with one attached hydrogen (secondary N) is 1. The van der Waals surface area contributed by atoms with Gasteiger partial charge in [0, 0.05) is 16.2 Å². The van der Waals surface area contributed by atoms with E-state index >= 15 is 0 Å². The van der Waals surface area contributed by atoms with Gasteiger partial charge in [-0.3, -0.25) is 4.79 Å². The second-order valence-electron chi connectivity index (χ2n) is 5.37. The highest BCUT2D eigenvalue weighted by Gasteiger charge is 2.22. The number of amides is 1. The van der Waals surface area contributed by atoms with E-state index in [9.17, 15) is 4.79 Å². The Morgan fingerprint density at radius 2 is 1.87 bits per heavy atom. The number of benzene rings is 2. The highest BCUT2D eigenvalue weighted by Crippen LogP contribution is 2.24. The topological polar surface area (TPSA) is 55.1 Å². The van der Waals surface area contributed by atoms with Crippen LogP contribution in [-0.4, -0.2) is 5.91 Å². The van der Waals surface area contributed by atoms with Gasteiger partial charge in [0.25, 0.3) is 0 Å². The van der Waals surface area contributed by atoms with E-state index in [4.69, 9.17) is 5.73 Å². The van der Waals surface area contributed by atoms with Crippen molar-refractivity contribution in [3.63, 3.8) is 0 Å². The number of anilines is 1. The van der Waals surface area contributed by atoms with Gasteiger partial charge in [0.1, 0.15) is 0 Å². The van der Waals surface area contributed by atoms with Crippen molar-refractivity contribution in [1.29, 1.82) is 0 Å². The first-order valence-corrected chi connectivity index (χ1v) is 8.22. The minimum absolute atomic E-state index is 0. The molecule has 2 atom stereocenters. The number of aryl methyl sites for hydroxylation is 1. The van der Waals surface area contributed by atoms with Gasteiger partial charge in [-0.05, 0) is 35.7 Å². The van der Waals surface area contributed by atoms with Crippen LogP contribution in [0.15, 0.2) is 53.0 Å². The number of rotatable bonds is 5. The molecule has 0 radical (unpaired) electrons. The molecule has 2 unspecified atom stereocenters. The lowest BCUT2D eigenvalue weighted by Crippen LogP contribution is -2.30. The van der Waals surface area contributed by atoms with Crippen molar-refractivity contribution in [3.05, 3.63) is 64.1 Å². The fourth-order valence-electron chi connectivity index (χ4n) is 2.35. The Bertz CT molecular complexity index is 649. The molecule has 0 saturated carbocycles. The van der Waals surface area contributed by atoms with Gasteiger partial charge in [-0.2, -0.15) is 0 Å². The van der Waals surface area contributed by atoms with Crippen molar-refractivity contribution in [2.45, 2.75) is 26.3 Å². The van der Waals surface area contributed by atoms with E-state index in [2.05, 4.69) is 28.2 Å². The molecular formula is C18H22BrClN2O. The maximum Gasteiger partial charge on any atom is 0.229 e. The van der Waals surface area contributed by atoms with E-state index < -0.39 is 0 Å². The van der Waals surface area contributed by atoms with Gasteiger partial charge in [0.05, 0.1) is 5.92 Å². The van der Waals surface area contributed by atoms with Crippen LogP contribution in [0.5, 0.6) is 0 Å². The number of nitrogens with two attached hydrogens (primary N) is 1. The molecule has 5 heteroatoms. The van der Waals surface area contributed by atoms with Gasteiger partial charge in [-0.25, -0.2) is 0 Å². The third-order valence-electron chi connectivity index (χ3n) is 3.84. The smallest absolute Gasteiger partial charge is 0.229 e. The van der Waals surface area contributed by atoms with Crippen molar-refractivity contribution in [2.75, 3.05) is 5.32 Å². The predicted molar refractivity (Wildman–Crippen MR) is 102 cm³/mol. The molecule has 2 aromatic carbocycles. The minimum Gasteiger partial charge on any atom is -0.326 e. The summed E-state index contributed by atoms with van der Waals surface area (Å²) in [7, 11) is 0. The molecule has 23 heavy (non-hydrogen) atoms. The lowest BCUT2D eigenvalue weighted by atomic mass is 9.94. The Hall–Kier alpha value is -1.36. The molecule has 3 N–H and O–H groups in total. The lowest BCUT2D eigenvalue weighted by Gasteiger charge is -2.20. The van der Waals surface area contributed by atoms with Crippen LogP contribution < -0.4 is 11.1 Å². The van der Waals surface area contributed by atoms with Gasteiger partial charge in [-0.1, -0.05) is 60.1 Å². The summed E-state index contributed by atoms with van der Waals surface area (Å²) in [5.74, 6) is -0.371. The Kier molecular flexibility index (Phi) is 7.76. The molecule has 0 aliphatic rings. The van der Waals surface area contributed by atoms with Crippen LogP contribution in [0.25, 0.3) is 0 Å². The van der Waals surface area contributed by atoms with Crippen LogP contribution in [0.3, 0.4) is 0 Å². The maximum absolute atomic E-state index is 12.5. The van der Waals surface area contributed by atoms with Gasteiger partial charge < -0.3 is 11.1 Å². The molecule has 0 aliphatic carbocycles. The Morgan fingerprint density at radius 1 is 1.22 bits per heavy atom. The van der Waals surface area contributed by atoms with Gasteiger partial charge in [0.2, 0.25) is 5.91 Å². The highest BCUT2D eigenvalue weighted by molar-refractivity contribution is 9.10. The van der Waals surface area contributed by atoms with Crippen LogP contribution in [0, 0.1) is 5.92 Å². The Morgan fingerprint density at radius 3 is 2.48 bits per heavy atom. The van der Waals surface area contributed by atoms with Gasteiger partial charge in [-0.15, -0.1) is 12.4 Å². The lowest BCUT2D eigenvalue weighted by molar-refractivity contribution is -0.120. The average molecular weight is 398 g/mol. The van der Waals surface area contributed by atoms with Crippen LogP contribution in [-0.2, 0) is 11.2 Å². The zero-order valence-corrected chi connectivity index (χ0v) is 15.7. The van der Waals surface area contributed by atoms with Crippen molar-refractivity contribution in [2.24, 2.45) is 11.7 Å². The van der Waals surface area contributed by atoms with Crippen LogP contribution in [0.4, 0.5) is 5.69 Å². The molecule has 0 fully saturated rings. The summed E-state index contributed by atoms with van der Waals surface area (Å²) in [5.41, 5.74) is 9.14. The molecule has 0 spiro atoms. The zero-order chi connectivity index (χ0) is 16.1. The molecule has 2 rings (SSSR count). The molecular weight excluding hydrogens is 376 g/mol. The molecule has 0 heterocycles. The zero-order valence-electron chi connectivity index (χ0n) is 13.3. The molecule has 0 aromatic heterocycles. The number of hydrogen-bond donors (Lipinski definition) is 2. The van der Waals surface area contributed by atoms with Gasteiger partial charge in [0.15, 0.2) is 0 Å². The van der Waals surface area contributed by atoms with Crippen molar-refractivity contribution in [1.82, 2.24) is 0 Å². The van der Waals surface area contributed by atoms with E-state index in [0.717, 1.165) is 27.7 Å². The van der Waals surface area contributed by atoms with Gasteiger partial charge >= 0.3 is 0 Å². The van der Waals surface area contributed by atoms with Crippen molar-refractivity contribution >= 4 is 39.9 Å². The first-order chi connectivity index (χ1) is 10.5. The number of halogens is 2. The predicted octanol–water partition coefficient (Wildman–Crippen LogP) is 4.71. The SMILES string of the molecule is CCc1cc(Br)ccc1NC(=O)C(C)C(N)c1ccccc1.Cl. The highest BCUT2D eigenvalue weighted by atomic mass is 79.9. The normalized spacial score (nSPS) is 12.9. The van der Waals surface area contributed by atoms with E-state index in [1.807, 2.05) is 55.5 Å². The third-order valence-corrected chi connectivity index (χ3v) is 4.34. The largest absolute Gasteiger partial charge is 0.326 e. The van der Waals surface area contributed by atoms with Crippen LogP contribution >= 0.6 is 28.3 Å². The van der Waals surface area contributed by atoms with Crippen molar-refractivity contribution < 1.29 is 4.79 Å². The number of carbonyl (C=O) groups is 1. The third kappa shape index (κ3) is 5.06. The molecule has 0 bridgehead atoms. The molecule has 0 saturated heterocycles. The maximum atomic E-state index is 12.5. The summed E-state index contributed by atoms with van der Waals surface area (Å²) in [6.07, 6.45) is 0.855. The Labute approximate surface area is 152 Å². The molecule has 3 nitrogen and oxygen atoms in total. The summed E-state index contributed by atoms with van der Waals surface area (Å²) in [6.45, 7) is 3.92. The van der Waals surface area contributed by atoms with Crippen molar-refractivity contribution in [3.8, 4) is 0 Å². The second kappa shape index (κ2) is 9.06. The number of carbonyl (C=O) groups excluding carboxylic acids is 1. The average Bonchev–Trinajstić information content (AvgIpc) is 2.55. The minimum atomic E-state index is -0.318. The van der Waals surface area contributed by atoms with E-state index in [-0.39, 0.29) is 30.3 Å². The van der Waals surface area contributed by atoms with Crippen LogP contribution in [0.1, 0.15) is 31.0 Å². The van der Waals surface area contributed by atoms with Crippen LogP contribution in [0.2, 0.25) is 0 Å². The fourth-order valence-corrected chi connectivity index (χ4v) is 2.76. The summed E-state index contributed by atoms with van der Waals surface area (Å²) < 4.78 is 1.01. The quantitative estimate of drug-likeness (QED) is 0.768. The van der Waals surface area contributed by atoms with E-state index in [1.54, 1.807) is 0 Å². The molecule has 0 aliphatic heterocycles. The molecule has 124 valence electrons. The first kappa shape index (κ1) is 19.7. The van der Waals surface area contributed by atoms with E-state index in [0.29, 0.717) is 0 Å². The molecule has 1 amide bonds. The standard InChI is InChI=1S/C18H21BrN2O.ClH/c1-3-13-11-15(19)9-10-16(13)21-18(22)12(2)17(20)14-7-5-4-6-8-14;/h4-12,17H,3,20H2,1-2H3,(H,21,22);1H. The summed E-state index contributed by atoms with van der Waals surface area (Å²) >= 11 is 3.45. The van der Waals surface area contributed by atoms with E-state index in [1.165, 1.54) is 0 Å². The molecule has 2 aromatic rings.